The molecule has 0 bridgehead atoms. The number of hydrogen-bond donors (Lipinski definition) is 2. The first-order chi connectivity index (χ1) is 11.6. The Bertz CT molecular complexity index is 383. The highest BCUT2D eigenvalue weighted by molar-refractivity contribution is 5.75. The standard InChI is InChI=1S/C21H41NO3/c1-15(2)17(11-12-25-20(24)21(3,4)5)14-19(23)18(22)13-16-9-7-6-8-10-16/h15-19,23H,6-14,22H2,1-5H3/t17-,18-,19-/m0/s1. The summed E-state index contributed by atoms with van der Waals surface area (Å²) in [6.07, 6.45) is 8.43. The molecule has 0 spiro atoms. The van der Waals surface area contributed by atoms with Gasteiger partial charge in [-0.25, -0.2) is 0 Å². The first-order valence-electron chi connectivity index (χ1n) is 10.2. The minimum atomic E-state index is -0.465. The first-order valence-corrected chi connectivity index (χ1v) is 10.2. The van der Waals surface area contributed by atoms with Gasteiger partial charge in [0.15, 0.2) is 0 Å². The maximum atomic E-state index is 11.9. The maximum Gasteiger partial charge on any atom is 0.311 e. The van der Waals surface area contributed by atoms with E-state index in [4.69, 9.17) is 10.5 Å². The fourth-order valence-corrected chi connectivity index (χ4v) is 3.69. The Balaban J connectivity index is 2.40. The summed E-state index contributed by atoms with van der Waals surface area (Å²) in [4.78, 5) is 11.9. The quantitative estimate of drug-likeness (QED) is 0.605. The molecule has 0 aliphatic heterocycles. The van der Waals surface area contributed by atoms with Crippen molar-refractivity contribution in [1.29, 1.82) is 0 Å². The van der Waals surface area contributed by atoms with Crippen molar-refractivity contribution >= 4 is 5.97 Å². The molecule has 1 aliphatic rings. The Labute approximate surface area is 154 Å². The number of ether oxygens (including phenoxy) is 1. The molecule has 0 aromatic heterocycles. The van der Waals surface area contributed by atoms with E-state index in [-0.39, 0.29) is 12.0 Å². The van der Waals surface area contributed by atoms with Crippen LogP contribution in [0.3, 0.4) is 0 Å². The van der Waals surface area contributed by atoms with E-state index < -0.39 is 11.5 Å². The molecule has 0 unspecified atom stereocenters. The van der Waals surface area contributed by atoms with Crippen LogP contribution in [0.4, 0.5) is 0 Å². The zero-order chi connectivity index (χ0) is 19.0. The lowest BCUT2D eigenvalue weighted by Gasteiger charge is -2.30. The van der Waals surface area contributed by atoms with Crippen LogP contribution in [-0.4, -0.2) is 29.8 Å². The minimum absolute atomic E-state index is 0.138. The first kappa shape index (κ1) is 22.4. The van der Waals surface area contributed by atoms with Crippen molar-refractivity contribution in [3.63, 3.8) is 0 Å². The topological polar surface area (TPSA) is 72.5 Å². The van der Waals surface area contributed by atoms with E-state index in [0.717, 1.165) is 12.8 Å². The van der Waals surface area contributed by atoms with Crippen molar-refractivity contribution in [2.75, 3.05) is 6.61 Å². The molecule has 1 fully saturated rings. The summed E-state index contributed by atoms with van der Waals surface area (Å²) in [7, 11) is 0. The molecule has 0 aromatic rings. The molecule has 0 heterocycles. The Hall–Kier alpha value is -0.610. The molecule has 4 heteroatoms. The molecule has 1 saturated carbocycles. The molecule has 148 valence electrons. The molecule has 1 aliphatic carbocycles. The van der Waals surface area contributed by atoms with Crippen LogP contribution in [0, 0.1) is 23.2 Å². The number of carbonyl (C=O) groups excluding carboxylic acids is 1. The van der Waals surface area contributed by atoms with Crippen LogP contribution in [0.2, 0.25) is 0 Å². The van der Waals surface area contributed by atoms with Gasteiger partial charge in [-0.05, 0) is 57.8 Å². The van der Waals surface area contributed by atoms with E-state index in [0.29, 0.717) is 30.8 Å². The Morgan fingerprint density at radius 3 is 2.32 bits per heavy atom. The fourth-order valence-electron chi connectivity index (χ4n) is 3.69. The van der Waals surface area contributed by atoms with Crippen LogP contribution in [0.15, 0.2) is 0 Å². The number of nitrogens with two attached hydrogens (primary N) is 1. The third kappa shape index (κ3) is 8.54. The third-order valence-corrected chi connectivity index (χ3v) is 5.65. The van der Waals surface area contributed by atoms with Gasteiger partial charge in [-0.3, -0.25) is 4.79 Å². The second-order valence-electron chi connectivity index (χ2n) is 9.39. The summed E-state index contributed by atoms with van der Waals surface area (Å²) >= 11 is 0. The highest BCUT2D eigenvalue weighted by Gasteiger charge is 2.27. The van der Waals surface area contributed by atoms with E-state index in [1.165, 1.54) is 32.1 Å². The van der Waals surface area contributed by atoms with Gasteiger partial charge in [-0.15, -0.1) is 0 Å². The van der Waals surface area contributed by atoms with Crippen molar-refractivity contribution in [2.24, 2.45) is 28.9 Å². The monoisotopic (exact) mass is 355 g/mol. The van der Waals surface area contributed by atoms with Crippen LogP contribution in [0.1, 0.15) is 86.0 Å². The average Bonchev–Trinajstić information content (AvgIpc) is 2.53. The van der Waals surface area contributed by atoms with Gasteiger partial charge in [0.1, 0.15) is 0 Å². The van der Waals surface area contributed by atoms with Gasteiger partial charge < -0.3 is 15.6 Å². The summed E-state index contributed by atoms with van der Waals surface area (Å²) in [6, 6.07) is -0.138. The Kier molecular flexibility index (Phi) is 9.44. The second-order valence-corrected chi connectivity index (χ2v) is 9.39. The summed E-state index contributed by atoms with van der Waals surface area (Å²) in [5.41, 5.74) is 5.83. The molecule has 0 amide bonds. The van der Waals surface area contributed by atoms with E-state index >= 15 is 0 Å². The van der Waals surface area contributed by atoms with Gasteiger partial charge >= 0.3 is 5.97 Å². The molecular formula is C21H41NO3. The highest BCUT2D eigenvalue weighted by atomic mass is 16.5. The average molecular weight is 356 g/mol. The maximum absolute atomic E-state index is 11.9. The number of esters is 1. The normalized spacial score (nSPS) is 20.3. The second kappa shape index (κ2) is 10.5. The van der Waals surface area contributed by atoms with Crippen molar-refractivity contribution < 1.29 is 14.6 Å². The molecule has 25 heavy (non-hydrogen) atoms. The van der Waals surface area contributed by atoms with Crippen LogP contribution in [0.5, 0.6) is 0 Å². The van der Waals surface area contributed by atoms with Gasteiger partial charge in [0.05, 0.1) is 18.1 Å². The molecular weight excluding hydrogens is 314 g/mol. The van der Waals surface area contributed by atoms with Crippen molar-refractivity contribution in [3.8, 4) is 0 Å². The largest absolute Gasteiger partial charge is 0.465 e. The van der Waals surface area contributed by atoms with Crippen LogP contribution in [0.25, 0.3) is 0 Å². The summed E-state index contributed by atoms with van der Waals surface area (Å²) in [6.45, 7) is 10.3. The SMILES string of the molecule is CC(C)[C@@H](CCOC(=O)C(C)(C)C)C[C@H](O)[C@@H](N)CC1CCCCC1. The van der Waals surface area contributed by atoms with Crippen molar-refractivity contribution in [2.45, 2.75) is 98.1 Å². The van der Waals surface area contributed by atoms with Gasteiger partial charge in [-0.1, -0.05) is 46.0 Å². The Morgan fingerprint density at radius 1 is 1.20 bits per heavy atom. The molecule has 0 aromatic carbocycles. The Morgan fingerprint density at radius 2 is 1.80 bits per heavy atom. The van der Waals surface area contributed by atoms with Gasteiger partial charge in [0.25, 0.3) is 0 Å². The summed E-state index contributed by atoms with van der Waals surface area (Å²) in [5.74, 6) is 1.28. The summed E-state index contributed by atoms with van der Waals surface area (Å²) < 4.78 is 5.40. The van der Waals surface area contributed by atoms with Gasteiger partial charge in [0.2, 0.25) is 0 Å². The highest BCUT2D eigenvalue weighted by Crippen LogP contribution is 2.29. The minimum Gasteiger partial charge on any atom is -0.465 e. The van der Waals surface area contributed by atoms with Gasteiger partial charge in [0, 0.05) is 6.04 Å². The van der Waals surface area contributed by atoms with Crippen molar-refractivity contribution in [3.05, 3.63) is 0 Å². The van der Waals surface area contributed by atoms with E-state index in [1.807, 2.05) is 20.8 Å². The number of aliphatic hydroxyl groups is 1. The smallest absolute Gasteiger partial charge is 0.311 e. The predicted molar refractivity (Wildman–Crippen MR) is 103 cm³/mol. The van der Waals surface area contributed by atoms with Crippen LogP contribution < -0.4 is 5.73 Å². The zero-order valence-electron chi connectivity index (χ0n) is 17.1. The number of aliphatic hydroxyl groups excluding tert-OH is 1. The predicted octanol–water partition coefficient (Wildman–Crippen LogP) is 4.29. The molecule has 4 nitrogen and oxygen atoms in total. The zero-order valence-corrected chi connectivity index (χ0v) is 17.1. The molecule has 0 saturated heterocycles. The van der Waals surface area contributed by atoms with E-state index in [9.17, 15) is 9.90 Å². The number of carbonyl (C=O) groups is 1. The lowest BCUT2D eigenvalue weighted by molar-refractivity contribution is -0.153. The molecule has 3 atom stereocenters. The lowest BCUT2D eigenvalue weighted by Crippen LogP contribution is -2.39. The third-order valence-electron chi connectivity index (χ3n) is 5.65. The van der Waals surface area contributed by atoms with E-state index in [1.54, 1.807) is 0 Å². The van der Waals surface area contributed by atoms with Crippen molar-refractivity contribution in [1.82, 2.24) is 0 Å². The van der Waals surface area contributed by atoms with E-state index in [2.05, 4.69) is 13.8 Å². The van der Waals surface area contributed by atoms with Crippen LogP contribution >= 0.6 is 0 Å². The molecule has 3 N–H and O–H groups in total. The lowest BCUT2D eigenvalue weighted by atomic mass is 9.81. The van der Waals surface area contributed by atoms with Gasteiger partial charge in [-0.2, -0.15) is 0 Å². The number of rotatable bonds is 9. The van der Waals surface area contributed by atoms with Crippen LogP contribution in [-0.2, 0) is 9.53 Å². The molecule has 0 radical (unpaired) electrons. The summed E-state index contributed by atoms with van der Waals surface area (Å²) in [5, 5.41) is 10.6. The molecule has 1 rings (SSSR count). The fraction of sp³-hybridized carbons (Fsp3) is 0.952. The number of hydrogen-bond acceptors (Lipinski definition) is 4.